The Morgan fingerprint density at radius 2 is 1.80 bits per heavy atom. The van der Waals surface area contributed by atoms with Gasteiger partial charge in [-0.3, -0.25) is 23.9 Å². The van der Waals surface area contributed by atoms with Gasteiger partial charge in [0.2, 0.25) is 15.7 Å². The minimum absolute atomic E-state index is 0.0615. The number of aryl methyl sites for hydroxylation is 2. The summed E-state index contributed by atoms with van der Waals surface area (Å²) in [5, 5.41) is 3.12. The van der Waals surface area contributed by atoms with Crippen molar-refractivity contribution in [3.05, 3.63) is 70.7 Å². The Bertz CT molecular complexity index is 2110. The first-order valence-corrected chi connectivity index (χ1v) is 19.0. The van der Waals surface area contributed by atoms with E-state index in [1.807, 2.05) is 11.6 Å². The van der Waals surface area contributed by atoms with Crippen LogP contribution in [0.4, 0.5) is 11.4 Å². The molecule has 2 aromatic heterocycles. The summed E-state index contributed by atoms with van der Waals surface area (Å²) >= 11 is -2.15. The predicted octanol–water partition coefficient (Wildman–Crippen LogP) is 5.64. The second kappa shape index (κ2) is 14.5. The van der Waals surface area contributed by atoms with Crippen molar-refractivity contribution >= 4 is 50.2 Å². The number of benzene rings is 2. The molecule has 50 heavy (non-hydrogen) atoms. The monoisotopic (exact) mass is 724 g/mol. The SMILES string of the molecule is [C-]#[N+]c1cn2[nH]c(-c3ccc(C)c(NS(=O)Oc4cc(C)ccc4OC(C)C(=O)NS(C)(=O)=O)c3)nc2c1C(=O)OC1C(C)CC(C)CC1C. The van der Waals surface area contributed by atoms with Crippen LogP contribution in [0.3, 0.4) is 0 Å². The third kappa shape index (κ3) is 8.28. The lowest BCUT2D eigenvalue weighted by molar-refractivity contribution is -0.125. The molecule has 2 aromatic carbocycles. The van der Waals surface area contributed by atoms with Gasteiger partial charge in [-0.15, -0.1) is 0 Å². The molecular formula is C34H40N6O8S2. The van der Waals surface area contributed by atoms with Crippen LogP contribution in [0.25, 0.3) is 21.9 Å². The third-order valence-corrected chi connectivity index (χ3v) is 9.86. The Labute approximate surface area is 293 Å². The number of carbonyl (C=O) groups excluding carboxylic acids is 2. The van der Waals surface area contributed by atoms with Crippen molar-refractivity contribution in [1.82, 2.24) is 19.3 Å². The van der Waals surface area contributed by atoms with Crippen molar-refractivity contribution in [3.8, 4) is 22.9 Å². The van der Waals surface area contributed by atoms with E-state index in [0.717, 1.165) is 30.2 Å². The van der Waals surface area contributed by atoms with Gasteiger partial charge in [-0.25, -0.2) is 23.0 Å². The van der Waals surface area contributed by atoms with Gasteiger partial charge in [0.1, 0.15) is 11.7 Å². The first-order chi connectivity index (χ1) is 23.5. The van der Waals surface area contributed by atoms with Gasteiger partial charge in [0.15, 0.2) is 29.1 Å². The van der Waals surface area contributed by atoms with Crippen molar-refractivity contribution < 1.29 is 35.9 Å². The van der Waals surface area contributed by atoms with E-state index in [2.05, 4.69) is 40.4 Å². The van der Waals surface area contributed by atoms with E-state index in [9.17, 15) is 22.2 Å². The maximum absolute atomic E-state index is 13.5. The van der Waals surface area contributed by atoms with E-state index >= 15 is 0 Å². The van der Waals surface area contributed by atoms with E-state index in [-0.39, 0.29) is 46.3 Å². The Hall–Kier alpha value is -4.88. The number of H-pyrrole nitrogens is 1. The Kier molecular flexibility index (Phi) is 10.6. The molecule has 5 rings (SSSR count). The van der Waals surface area contributed by atoms with Gasteiger partial charge in [-0.2, -0.15) is 4.21 Å². The van der Waals surface area contributed by atoms with Crippen molar-refractivity contribution in [2.75, 3.05) is 11.0 Å². The van der Waals surface area contributed by atoms with E-state index in [0.29, 0.717) is 23.0 Å². The van der Waals surface area contributed by atoms with Crippen LogP contribution in [0.5, 0.6) is 11.5 Å². The number of carbonyl (C=O) groups is 2. The Morgan fingerprint density at radius 3 is 2.46 bits per heavy atom. The molecular weight excluding hydrogens is 685 g/mol. The topological polar surface area (TPSA) is 175 Å². The molecule has 4 aromatic rings. The molecule has 4 unspecified atom stereocenters. The lowest BCUT2D eigenvalue weighted by atomic mass is 9.75. The van der Waals surface area contributed by atoms with Gasteiger partial charge in [0.25, 0.3) is 5.91 Å². The molecule has 2 heterocycles. The molecule has 14 nitrogen and oxygen atoms in total. The minimum atomic E-state index is -3.79. The average molecular weight is 725 g/mol. The lowest BCUT2D eigenvalue weighted by Gasteiger charge is -2.37. The highest BCUT2D eigenvalue weighted by Gasteiger charge is 2.35. The highest BCUT2D eigenvalue weighted by atomic mass is 32.2. The zero-order valence-electron chi connectivity index (χ0n) is 28.8. The van der Waals surface area contributed by atoms with Gasteiger partial charge in [0.05, 0.1) is 18.5 Å². The smallest absolute Gasteiger partial charge is 0.331 e. The number of rotatable bonds is 11. The van der Waals surface area contributed by atoms with Crippen LogP contribution in [0.2, 0.25) is 0 Å². The molecule has 0 spiro atoms. The number of nitrogens with zero attached hydrogens (tertiary/aromatic N) is 3. The summed E-state index contributed by atoms with van der Waals surface area (Å²) in [7, 11) is -3.79. The average Bonchev–Trinajstić information content (AvgIpc) is 3.58. The number of ether oxygens (including phenoxy) is 2. The fourth-order valence-corrected chi connectivity index (χ4v) is 7.57. The quantitative estimate of drug-likeness (QED) is 0.131. The first kappa shape index (κ1) is 36.4. The van der Waals surface area contributed by atoms with Gasteiger partial charge in [-0.05, 0) is 80.7 Å². The molecule has 266 valence electrons. The highest BCUT2D eigenvalue weighted by molar-refractivity contribution is 7.89. The summed E-state index contributed by atoms with van der Waals surface area (Å²) in [5.74, 6) is 0.00449. The molecule has 1 saturated carbocycles. The van der Waals surface area contributed by atoms with Gasteiger partial charge in [0, 0.05) is 11.8 Å². The van der Waals surface area contributed by atoms with Crippen LogP contribution < -0.4 is 18.4 Å². The number of anilines is 1. The van der Waals surface area contributed by atoms with Gasteiger partial charge in [-0.1, -0.05) is 39.0 Å². The highest BCUT2D eigenvalue weighted by Crippen LogP contribution is 2.37. The second-order valence-corrected chi connectivity index (χ2v) is 15.7. The van der Waals surface area contributed by atoms with Crippen LogP contribution in [0, 0.1) is 38.2 Å². The molecule has 0 saturated heterocycles. The number of aromatic nitrogens is 3. The molecule has 0 bridgehead atoms. The fourth-order valence-electron chi connectivity index (χ4n) is 6.30. The molecule has 3 N–H and O–H groups in total. The van der Waals surface area contributed by atoms with Crippen LogP contribution in [-0.2, 0) is 30.8 Å². The number of hydrogen-bond acceptors (Lipinski definition) is 9. The summed E-state index contributed by atoms with van der Waals surface area (Å²) in [4.78, 5) is 34.0. The molecule has 0 aliphatic heterocycles. The molecule has 4 atom stereocenters. The van der Waals surface area contributed by atoms with Gasteiger partial charge >= 0.3 is 17.2 Å². The number of aromatic amines is 1. The molecule has 1 aliphatic rings. The Balaban J connectivity index is 1.35. The number of amides is 1. The van der Waals surface area contributed by atoms with Crippen molar-refractivity contribution in [3.63, 3.8) is 0 Å². The summed E-state index contributed by atoms with van der Waals surface area (Å²) in [6.45, 7) is 19.0. The third-order valence-electron chi connectivity index (χ3n) is 8.57. The van der Waals surface area contributed by atoms with Crippen LogP contribution in [0.15, 0.2) is 42.6 Å². The predicted molar refractivity (Wildman–Crippen MR) is 189 cm³/mol. The largest absolute Gasteiger partial charge is 0.477 e. The standard InChI is InChI=1S/C34H40N6O8S2/c1-18-9-12-27(46-23(6)33(41)39-50(8,44)45)28(15-18)48-49(43)38-25-16-24(11-10-20(25)3)31-36-32-29(26(35-7)17-40(32)37-31)34(42)47-30-21(4)13-19(2)14-22(30)5/h9-12,15-17,19,21-23,30,38H,13-14H2,1-6,8H3,(H,36,37)(H,39,41). The summed E-state index contributed by atoms with van der Waals surface area (Å²) < 4.78 is 59.7. The molecule has 1 amide bonds. The molecule has 1 fully saturated rings. The van der Waals surface area contributed by atoms with E-state index in [4.69, 9.17) is 20.2 Å². The maximum atomic E-state index is 13.5. The molecule has 1 aliphatic carbocycles. The van der Waals surface area contributed by atoms with Crippen LogP contribution in [-0.4, -0.2) is 57.6 Å². The van der Waals surface area contributed by atoms with Crippen LogP contribution >= 0.6 is 0 Å². The van der Waals surface area contributed by atoms with Crippen molar-refractivity contribution in [2.24, 2.45) is 17.8 Å². The summed E-state index contributed by atoms with van der Waals surface area (Å²) in [6.07, 6.45) is 2.82. The van der Waals surface area contributed by atoms with E-state index in [1.165, 1.54) is 23.7 Å². The molecule has 0 radical (unpaired) electrons. The number of fused-ring (bicyclic) bond motifs is 1. The van der Waals surface area contributed by atoms with E-state index < -0.39 is 39.3 Å². The normalized spacial score (nSPS) is 20.4. The summed E-state index contributed by atoms with van der Waals surface area (Å²) in [6, 6.07) is 10.1. The second-order valence-electron chi connectivity index (χ2n) is 13.1. The zero-order chi connectivity index (χ0) is 36.5. The summed E-state index contributed by atoms with van der Waals surface area (Å²) in [5.41, 5.74) is 3.03. The number of nitrogens with one attached hydrogen (secondary N) is 3. The van der Waals surface area contributed by atoms with E-state index in [1.54, 1.807) is 37.3 Å². The number of esters is 1. The Morgan fingerprint density at radius 1 is 1.10 bits per heavy atom. The number of sulfonamides is 1. The zero-order valence-corrected chi connectivity index (χ0v) is 30.4. The van der Waals surface area contributed by atoms with Crippen molar-refractivity contribution in [2.45, 2.75) is 66.6 Å². The lowest BCUT2D eigenvalue weighted by Crippen LogP contribution is -2.39. The maximum Gasteiger partial charge on any atom is 0.331 e. The number of hydrogen-bond donors (Lipinski definition) is 3. The van der Waals surface area contributed by atoms with Crippen LogP contribution in [0.1, 0.15) is 62.0 Å². The first-order valence-electron chi connectivity index (χ1n) is 16.0. The minimum Gasteiger partial charge on any atom is -0.477 e. The van der Waals surface area contributed by atoms with Crippen molar-refractivity contribution in [1.29, 1.82) is 0 Å². The van der Waals surface area contributed by atoms with Gasteiger partial charge < -0.3 is 13.7 Å². The molecule has 16 heteroatoms. The fraction of sp³-hybridized carbons (Fsp3) is 0.412.